The SMILES string of the molecule is Cc1cc(C)nc(-c2ccc(C(=O)NCC[C@H](O)CO)cc2)c1. The van der Waals surface area contributed by atoms with Crippen LogP contribution in [0.3, 0.4) is 0 Å². The zero-order chi connectivity index (χ0) is 16.8. The Morgan fingerprint density at radius 1 is 1.22 bits per heavy atom. The lowest BCUT2D eigenvalue weighted by molar-refractivity contribution is 0.0834. The van der Waals surface area contributed by atoms with Crippen molar-refractivity contribution in [2.24, 2.45) is 0 Å². The Balaban J connectivity index is 2.02. The molecule has 1 aromatic carbocycles. The summed E-state index contributed by atoms with van der Waals surface area (Å²) >= 11 is 0. The summed E-state index contributed by atoms with van der Waals surface area (Å²) in [5.41, 5.74) is 4.52. The second-order valence-electron chi connectivity index (χ2n) is 5.63. The molecule has 5 nitrogen and oxygen atoms in total. The van der Waals surface area contributed by atoms with Crippen molar-refractivity contribution in [1.29, 1.82) is 0 Å². The van der Waals surface area contributed by atoms with Gasteiger partial charge in [-0.3, -0.25) is 9.78 Å². The van der Waals surface area contributed by atoms with Crippen LogP contribution >= 0.6 is 0 Å². The average Bonchev–Trinajstić information content (AvgIpc) is 2.53. The molecular formula is C18H22N2O3. The predicted octanol–water partition coefficient (Wildman–Crippen LogP) is 1.84. The Morgan fingerprint density at radius 3 is 2.52 bits per heavy atom. The van der Waals surface area contributed by atoms with Crippen LogP contribution in [0.5, 0.6) is 0 Å². The van der Waals surface area contributed by atoms with E-state index in [1.54, 1.807) is 12.1 Å². The molecule has 0 fully saturated rings. The minimum absolute atomic E-state index is 0.199. The molecule has 0 aliphatic heterocycles. The molecule has 122 valence electrons. The summed E-state index contributed by atoms with van der Waals surface area (Å²) in [5.74, 6) is -0.199. The van der Waals surface area contributed by atoms with Crippen LogP contribution in [-0.4, -0.2) is 40.4 Å². The van der Waals surface area contributed by atoms with Crippen molar-refractivity contribution in [2.75, 3.05) is 13.2 Å². The van der Waals surface area contributed by atoms with Crippen molar-refractivity contribution in [3.63, 3.8) is 0 Å². The standard InChI is InChI=1S/C18H22N2O3/c1-12-9-13(2)20-17(10-12)14-3-5-15(6-4-14)18(23)19-8-7-16(22)11-21/h3-6,9-10,16,21-22H,7-8,11H2,1-2H3,(H,19,23)/t16-/m0/s1. The first-order valence-corrected chi connectivity index (χ1v) is 7.62. The first kappa shape index (κ1) is 17.1. The van der Waals surface area contributed by atoms with E-state index in [1.807, 2.05) is 38.1 Å². The Morgan fingerprint density at radius 2 is 1.91 bits per heavy atom. The molecule has 0 aliphatic carbocycles. The number of carbonyl (C=O) groups excluding carboxylic acids is 1. The topological polar surface area (TPSA) is 82.5 Å². The number of carbonyl (C=O) groups is 1. The number of aliphatic hydroxyl groups is 2. The van der Waals surface area contributed by atoms with Crippen LogP contribution in [0.1, 0.15) is 28.0 Å². The summed E-state index contributed by atoms with van der Waals surface area (Å²) in [6.07, 6.45) is -0.472. The van der Waals surface area contributed by atoms with E-state index in [2.05, 4.69) is 10.3 Å². The molecule has 0 saturated heterocycles. The highest BCUT2D eigenvalue weighted by atomic mass is 16.3. The fraction of sp³-hybridized carbons (Fsp3) is 0.333. The van der Waals surface area contributed by atoms with Crippen LogP contribution in [0.15, 0.2) is 36.4 Å². The lowest BCUT2D eigenvalue weighted by Crippen LogP contribution is -2.28. The van der Waals surface area contributed by atoms with Gasteiger partial charge in [0.05, 0.1) is 18.4 Å². The van der Waals surface area contributed by atoms with Gasteiger partial charge in [-0.05, 0) is 50.1 Å². The third-order valence-corrected chi connectivity index (χ3v) is 3.51. The molecule has 0 aliphatic rings. The van der Waals surface area contributed by atoms with Crippen LogP contribution in [0.4, 0.5) is 0 Å². The van der Waals surface area contributed by atoms with Gasteiger partial charge in [-0.1, -0.05) is 12.1 Å². The lowest BCUT2D eigenvalue weighted by Gasteiger charge is -2.09. The largest absolute Gasteiger partial charge is 0.394 e. The number of rotatable bonds is 6. The molecular weight excluding hydrogens is 292 g/mol. The highest BCUT2D eigenvalue weighted by molar-refractivity contribution is 5.94. The Labute approximate surface area is 136 Å². The van der Waals surface area contributed by atoms with E-state index in [9.17, 15) is 9.90 Å². The Bertz CT molecular complexity index is 648. The molecule has 5 heteroatoms. The first-order valence-electron chi connectivity index (χ1n) is 7.62. The van der Waals surface area contributed by atoms with Crippen LogP contribution in [0.2, 0.25) is 0 Å². The van der Waals surface area contributed by atoms with Gasteiger partial charge in [0.15, 0.2) is 0 Å². The maximum atomic E-state index is 12.0. The van der Waals surface area contributed by atoms with Gasteiger partial charge in [0.25, 0.3) is 5.91 Å². The third-order valence-electron chi connectivity index (χ3n) is 3.51. The van der Waals surface area contributed by atoms with Crippen molar-refractivity contribution in [3.05, 3.63) is 53.2 Å². The van der Waals surface area contributed by atoms with Crippen molar-refractivity contribution in [3.8, 4) is 11.3 Å². The molecule has 1 aromatic heterocycles. The fourth-order valence-corrected chi connectivity index (χ4v) is 2.33. The molecule has 1 heterocycles. The van der Waals surface area contributed by atoms with Gasteiger partial charge in [-0.15, -0.1) is 0 Å². The van der Waals surface area contributed by atoms with Gasteiger partial charge in [0.2, 0.25) is 0 Å². The number of hydrogen-bond donors (Lipinski definition) is 3. The maximum absolute atomic E-state index is 12.0. The van der Waals surface area contributed by atoms with Crippen LogP contribution in [0, 0.1) is 13.8 Å². The molecule has 3 N–H and O–H groups in total. The zero-order valence-corrected chi connectivity index (χ0v) is 13.4. The summed E-state index contributed by atoms with van der Waals surface area (Å²) in [6.45, 7) is 4.01. The summed E-state index contributed by atoms with van der Waals surface area (Å²) in [6, 6.07) is 11.3. The Kier molecular flexibility index (Phi) is 5.84. The number of nitrogens with one attached hydrogen (secondary N) is 1. The number of amides is 1. The van der Waals surface area contributed by atoms with Gasteiger partial charge in [0, 0.05) is 23.4 Å². The number of benzene rings is 1. The summed E-state index contributed by atoms with van der Waals surface area (Å²) in [7, 11) is 0. The monoisotopic (exact) mass is 314 g/mol. The first-order chi connectivity index (χ1) is 11.0. The lowest BCUT2D eigenvalue weighted by atomic mass is 10.1. The van der Waals surface area contributed by atoms with Crippen LogP contribution in [-0.2, 0) is 0 Å². The average molecular weight is 314 g/mol. The van der Waals surface area contributed by atoms with Crippen molar-refractivity contribution < 1.29 is 15.0 Å². The number of aryl methyl sites for hydroxylation is 2. The maximum Gasteiger partial charge on any atom is 0.251 e. The number of aromatic nitrogens is 1. The molecule has 1 atom stereocenters. The third kappa shape index (κ3) is 4.87. The van der Waals surface area contributed by atoms with E-state index in [4.69, 9.17) is 5.11 Å². The summed E-state index contributed by atoms with van der Waals surface area (Å²) in [5, 5.41) is 20.7. The minimum atomic E-state index is -0.798. The number of hydrogen-bond acceptors (Lipinski definition) is 4. The van der Waals surface area contributed by atoms with Gasteiger partial charge >= 0.3 is 0 Å². The van der Waals surface area contributed by atoms with Crippen molar-refractivity contribution >= 4 is 5.91 Å². The van der Waals surface area contributed by atoms with E-state index >= 15 is 0 Å². The molecule has 0 radical (unpaired) electrons. The van der Waals surface area contributed by atoms with Crippen LogP contribution < -0.4 is 5.32 Å². The fourth-order valence-electron chi connectivity index (χ4n) is 2.33. The molecule has 0 saturated carbocycles. The molecule has 0 spiro atoms. The van der Waals surface area contributed by atoms with Crippen LogP contribution in [0.25, 0.3) is 11.3 Å². The van der Waals surface area contributed by atoms with E-state index in [0.717, 1.165) is 22.5 Å². The van der Waals surface area contributed by atoms with Gasteiger partial charge < -0.3 is 15.5 Å². The van der Waals surface area contributed by atoms with Gasteiger partial charge in [-0.2, -0.15) is 0 Å². The van der Waals surface area contributed by atoms with E-state index in [0.29, 0.717) is 18.5 Å². The Hall–Kier alpha value is -2.24. The molecule has 23 heavy (non-hydrogen) atoms. The zero-order valence-electron chi connectivity index (χ0n) is 13.4. The van der Waals surface area contributed by atoms with Gasteiger partial charge in [-0.25, -0.2) is 0 Å². The summed E-state index contributed by atoms with van der Waals surface area (Å²) < 4.78 is 0. The van der Waals surface area contributed by atoms with E-state index in [-0.39, 0.29) is 12.5 Å². The van der Waals surface area contributed by atoms with Crippen molar-refractivity contribution in [2.45, 2.75) is 26.4 Å². The highest BCUT2D eigenvalue weighted by Crippen LogP contribution is 2.19. The number of pyridine rings is 1. The van der Waals surface area contributed by atoms with E-state index < -0.39 is 6.10 Å². The summed E-state index contributed by atoms with van der Waals surface area (Å²) in [4.78, 5) is 16.5. The highest BCUT2D eigenvalue weighted by Gasteiger charge is 2.08. The number of nitrogens with zero attached hydrogens (tertiary/aromatic N) is 1. The quantitative estimate of drug-likeness (QED) is 0.760. The predicted molar refractivity (Wildman–Crippen MR) is 89.2 cm³/mol. The van der Waals surface area contributed by atoms with E-state index in [1.165, 1.54) is 0 Å². The van der Waals surface area contributed by atoms with Crippen molar-refractivity contribution in [1.82, 2.24) is 10.3 Å². The molecule has 0 unspecified atom stereocenters. The normalized spacial score (nSPS) is 12.0. The second-order valence-corrected chi connectivity index (χ2v) is 5.63. The second kappa shape index (κ2) is 7.85. The molecule has 0 bridgehead atoms. The molecule has 2 rings (SSSR count). The molecule has 1 amide bonds. The minimum Gasteiger partial charge on any atom is -0.394 e. The number of aliphatic hydroxyl groups excluding tert-OH is 2. The van der Waals surface area contributed by atoms with Gasteiger partial charge in [0.1, 0.15) is 0 Å². The molecule has 2 aromatic rings. The smallest absolute Gasteiger partial charge is 0.251 e.